The van der Waals surface area contributed by atoms with Crippen LogP contribution >= 0.6 is 11.6 Å². The number of rotatable bonds is 5. The van der Waals surface area contributed by atoms with Crippen molar-refractivity contribution in [3.63, 3.8) is 0 Å². The monoisotopic (exact) mass is 318 g/mol. The fraction of sp³-hybridized carbons (Fsp3) is 0.400. The quantitative estimate of drug-likeness (QED) is 0.783. The minimum absolute atomic E-state index is 0.0843. The van der Waals surface area contributed by atoms with Gasteiger partial charge in [0.05, 0.1) is 12.9 Å². The van der Waals surface area contributed by atoms with Crippen LogP contribution in [0.4, 0.5) is 13.2 Å². The smallest absolute Gasteiger partial charge is 0.405 e. The fourth-order valence-corrected chi connectivity index (χ4v) is 1.85. The van der Waals surface area contributed by atoms with E-state index in [1.54, 1.807) is 0 Å². The molecule has 0 spiro atoms. The molecule has 1 aromatic rings. The van der Waals surface area contributed by atoms with E-state index in [-0.39, 0.29) is 23.6 Å². The fourth-order valence-electron chi connectivity index (χ4n) is 1.27. The van der Waals surface area contributed by atoms with Gasteiger partial charge in [-0.1, -0.05) is 11.6 Å². The van der Waals surface area contributed by atoms with E-state index in [4.69, 9.17) is 11.6 Å². The zero-order chi connectivity index (χ0) is 14.7. The van der Waals surface area contributed by atoms with Crippen LogP contribution in [0.5, 0.6) is 5.75 Å². The molecular formula is C10H10ClF3O4S. The molecule has 0 saturated carbocycles. The summed E-state index contributed by atoms with van der Waals surface area (Å²) in [5.41, 5.74) is 0.105. The summed E-state index contributed by atoms with van der Waals surface area (Å²) in [6, 6.07) is 3.56. The van der Waals surface area contributed by atoms with Gasteiger partial charge in [0, 0.05) is 11.4 Å². The Morgan fingerprint density at radius 1 is 1.32 bits per heavy atom. The van der Waals surface area contributed by atoms with Gasteiger partial charge in [0.2, 0.25) is 0 Å². The summed E-state index contributed by atoms with van der Waals surface area (Å²) in [6.07, 6.45) is -4.07. The van der Waals surface area contributed by atoms with Crippen LogP contribution in [0.2, 0.25) is 5.02 Å². The highest BCUT2D eigenvalue weighted by molar-refractivity contribution is 7.85. The van der Waals surface area contributed by atoms with Crippen LogP contribution in [0.15, 0.2) is 18.2 Å². The van der Waals surface area contributed by atoms with Crippen LogP contribution in [0.3, 0.4) is 0 Å². The summed E-state index contributed by atoms with van der Waals surface area (Å²) in [5, 5.41) is 0.212. The topological polar surface area (TPSA) is 52.6 Å². The van der Waals surface area contributed by atoms with E-state index in [0.29, 0.717) is 0 Å². The lowest BCUT2D eigenvalue weighted by molar-refractivity contribution is -0.274. The molecule has 0 radical (unpaired) electrons. The van der Waals surface area contributed by atoms with E-state index in [0.717, 1.165) is 12.3 Å². The van der Waals surface area contributed by atoms with Crippen LogP contribution in [0.25, 0.3) is 0 Å². The molecule has 0 aliphatic carbocycles. The molecule has 0 aliphatic heterocycles. The first-order valence-electron chi connectivity index (χ1n) is 4.95. The van der Waals surface area contributed by atoms with Crippen LogP contribution in [0, 0.1) is 0 Å². The van der Waals surface area contributed by atoms with Crippen molar-refractivity contribution in [2.75, 3.05) is 12.9 Å². The molecule has 0 aromatic heterocycles. The third kappa shape index (κ3) is 6.65. The molecule has 4 nitrogen and oxygen atoms in total. The summed E-state index contributed by atoms with van der Waals surface area (Å²) < 4.78 is 66.2. The average molecular weight is 319 g/mol. The Balaban J connectivity index is 2.83. The lowest BCUT2D eigenvalue weighted by atomic mass is 10.1. The Labute approximate surface area is 113 Å². The van der Waals surface area contributed by atoms with E-state index in [1.165, 1.54) is 12.1 Å². The summed E-state index contributed by atoms with van der Waals surface area (Å²) in [4.78, 5) is 0. The second kappa shape index (κ2) is 5.98. The molecule has 19 heavy (non-hydrogen) atoms. The Morgan fingerprint density at radius 3 is 2.47 bits per heavy atom. The first-order valence-corrected chi connectivity index (χ1v) is 7.15. The third-order valence-electron chi connectivity index (χ3n) is 1.92. The summed E-state index contributed by atoms with van der Waals surface area (Å²) in [5.74, 6) is -0.436. The van der Waals surface area contributed by atoms with Gasteiger partial charge in [-0.2, -0.15) is 8.42 Å². The summed E-state index contributed by atoms with van der Waals surface area (Å²) >= 11 is 5.66. The van der Waals surface area contributed by atoms with E-state index >= 15 is 0 Å². The SMILES string of the molecule is CS(=O)(=O)OCCc1cc(Cl)ccc1OC(F)(F)F. The molecule has 9 heteroatoms. The Hall–Kier alpha value is -0.990. The maximum absolute atomic E-state index is 12.2. The Kier molecular flexibility index (Phi) is 5.05. The second-order valence-electron chi connectivity index (χ2n) is 3.58. The molecule has 0 atom stereocenters. The normalized spacial score (nSPS) is 12.5. The minimum atomic E-state index is -4.83. The standard InChI is InChI=1S/C10H10ClF3O4S/c1-19(15,16)17-5-4-7-6-8(11)2-3-9(7)18-10(12,13)14/h2-3,6H,4-5H2,1H3. The number of alkyl halides is 3. The molecule has 0 saturated heterocycles. The van der Waals surface area contributed by atoms with E-state index in [9.17, 15) is 21.6 Å². The molecule has 0 bridgehead atoms. The molecule has 0 heterocycles. The minimum Gasteiger partial charge on any atom is -0.405 e. The van der Waals surface area contributed by atoms with Crippen LogP contribution in [0.1, 0.15) is 5.56 Å². The molecule has 0 N–H and O–H groups in total. The Morgan fingerprint density at radius 2 is 1.95 bits per heavy atom. The number of ether oxygens (including phenoxy) is 1. The molecule has 1 rings (SSSR count). The molecule has 1 aromatic carbocycles. The molecule has 0 aliphatic rings. The molecule has 0 unspecified atom stereocenters. The summed E-state index contributed by atoms with van der Waals surface area (Å²) in [6.45, 7) is -0.298. The molecular weight excluding hydrogens is 309 g/mol. The van der Waals surface area contributed by atoms with Crippen molar-refractivity contribution in [1.29, 1.82) is 0 Å². The van der Waals surface area contributed by atoms with Gasteiger partial charge < -0.3 is 4.74 Å². The van der Waals surface area contributed by atoms with Crippen molar-refractivity contribution in [1.82, 2.24) is 0 Å². The zero-order valence-electron chi connectivity index (χ0n) is 9.70. The van der Waals surface area contributed by atoms with E-state index < -0.39 is 22.2 Å². The van der Waals surface area contributed by atoms with Crippen molar-refractivity contribution in [3.8, 4) is 5.75 Å². The van der Waals surface area contributed by atoms with Gasteiger partial charge in [0.25, 0.3) is 10.1 Å². The van der Waals surface area contributed by atoms with Crippen molar-refractivity contribution < 1.29 is 30.5 Å². The highest BCUT2D eigenvalue weighted by atomic mass is 35.5. The van der Waals surface area contributed by atoms with Crippen LogP contribution in [-0.4, -0.2) is 27.6 Å². The van der Waals surface area contributed by atoms with Crippen molar-refractivity contribution in [2.24, 2.45) is 0 Å². The average Bonchev–Trinajstić information content (AvgIpc) is 2.18. The number of hydrogen-bond acceptors (Lipinski definition) is 4. The molecule has 0 amide bonds. The molecule has 0 fully saturated rings. The lowest BCUT2D eigenvalue weighted by Gasteiger charge is -2.13. The summed E-state index contributed by atoms with van der Waals surface area (Å²) in [7, 11) is -3.65. The number of hydrogen-bond donors (Lipinski definition) is 0. The van der Waals surface area contributed by atoms with Crippen LogP contribution in [-0.2, 0) is 20.7 Å². The maximum Gasteiger partial charge on any atom is 0.573 e. The van der Waals surface area contributed by atoms with Crippen molar-refractivity contribution in [2.45, 2.75) is 12.8 Å². The van der Waals surface area contributed by atoms with Gasteiger partial charge in [-0.15, -0.1) is 13.2 Å². The van der Waals surface area contributed by atoms with Gasteiger partial charge in [-0.3, -0.25) is 4.18 Å². The van der Waals surface area contributed by atoms with Crippen LogP contribution < -0.4 is 4.74 Å². The van der Waals surface area contributed by atoms with E-state index in [2.05, 4.69) is 8.92 Å². The molecule has 108 valence electrons. The van der Waals surface area contributed by atoms with Gasteiger partial charge in [-0.05, 0) is 23.8 Å². The largest absolute Gasteiger partial charge is 0.573 e. The van der Waals surface area contributed by atoms with Gasteiger partial charge in [-0.25, -0.2) is 0 Å². The van der Waals surface area contributed by atoms with Gasteiger partial charge >= 0.3 is 6.36 Å². The van der Waals surface area contributed by atoms with Gasteiger partial charge in [0.1, 0.15) is 5.75 Å². The zero-order valence-corrected chi connectivity index (χ0v) is 11.3. The predicted octanol–water partition coefficient (Wildman–Crippen LogP) is 2.76. The highest BCUT2D eigenvalue weighted by Crippen LogP contribution is 2.29. The Bertz CT molecular complexity index is 542. The lowest BCUT2D eigenvalue weighted by Crippen LogP contribution is -2.18. The maximum atomic E-state index is 12.2. The predicted molar refractivity (Wildman–Crippen MR) is 62.6 cm³/mol. The highest BCUT2D eigenvalue weighted by Gasteiger charge is 2.32. The second-order valence-corrected chi connectivity index (χ2v) is 5.66. The van der Waals surface area contributed by atoms with E-state index in [1.807, 2.05) is 0 Å². The first-order chi connectivity index (χ1) is 8.57. The number of benzene rings is 1. The van der Waals surface area contributed by atoms with Gasteiger partial charge in [0.15, 0.2) is 0 Å². The third-order valence-corrected chi connectivity index (χ3v) is 2.75. The number of halogens is 4. The van der Waals surface area contributed by atoms with Crippen molar-refractivity contribution in [3.05, 3.63) is 28.8 Å². The first kappa shape index (κ1) is 16.1. The van der Waals surface area contributed by atoms with Crippen molar-refractivity contribution >= 4 is 21.7 Å².